The quantitative estimate of drug-likeness (QED) is 0.623. The summed E-state index contributed by atoms with van der Waals surface area (Å²) in [4.78, 5) is 29.6. The van der Waals surface area contributed by atoms with Crippen molar-refractivity contribution < 1.29 is 14.3 Å². The lowest BCUT2D eigenvalue weighted by Gasteiger charge is -2.22. The van der Waals surface area contributed by atoms with E-state index in [1.165, 1.54) is 4.90 Å². The molecule has 0 unspecified atom stereocenters. The van der Waals surface area contributed by atoms with Gasteiger partial charge in [0.05, 0.1) is 18.9 Å². The molecule has 0 aliphatic carbocycles. The Hall–Kier alpha value is -3.59. The minimum atomic E-state index is -0.469. The van der Waals surface area contributed by atoms with E-state index in [0.717, 1.165) is 27.6 Å². The number of amides is 1. The van der Waals surface area contributed by atoms with Gasteiger partial charge < -0.3 is 14.6 Å². The molecule has 0 saturated carbocycles. The number of para-hydroxylation sites is 1. The Morgan fingerprint density at radius 3 is 2.59 bits per heavy atom. The Morgan fingerprint density at radius 2 is 1.86 bits per heavy atom. The number of fused-ring (bicyclic) bond motifs is 1. The normalized spacial score (nSPS) is 10.5. The average molecular weight is 389 g/mol. The van der Waals surface area contributed by atoms with Gasteiger partial charge in [-0.25, -0.2) is 0 Å². The molecule has 3 aromatic rings. The number of nitrogens with zero attached hydrogens (tertiary/aromatic N) is 2. The van der Waals surface area contributed by atoms with Gasteiger partial charge in [-0.05, 0) is 48.7 Å². The van der Waals surface area contributed by atoms with Crippen LogP contribution in [0.15, 0.2) is 48.7 Å². The third-order valence-corrected chi connectivity index (χ3v) is 4.63. The Labute approximate surface area is 169 Å². The number of rotatable bonds is 7. The number of anilines is 1. The summed E-state index contributed by atoms with van der Waals surface area (Å²) < 4.78 is 5.24. The highest BCUT2D eigenvalue weighted by atomic mass is 16.5. The van der Waals surface area contributed by atoms with E-state index in [1.54, 1.807) is 6.20 Å². The molecule has 0 radical (unpaired) electrons. The Morgan fingerprint density at radius 1 is 1.14 bits per heavy atom. The first kappa shape index (κ1) is 20.2. The molecule has 0 bridgehead atoms. The van der Waals surface area contributed by atoms with Crippen molar-refractivity contribution in [3.8, 4) is 6.07 Å². The van der Waals surface area contributed by atoms with Gasteiger partial charge in [0.2, 0.25) is 0 Å². The van der Waals surface area contributed by atoms with Gasteiger partial charge in [-0.15, -0.1) is 0 Å². The van der Waals surface area contributed by atoms with Gasteiger partial charge >= 0.3 is 5.97 Å². The first-order chi connectivity index (χ1) is 14.0. The number of esters is 1. The van der Waals surface area contributed by atoms with Crippen molar-refractivity contribution in [3.63, 3.8) is 0 Å². The smallest absolute Gasteiger partial charge is 0.310 e. The fraction of sp³-hybridized carbons (Fsp3) is 0.261. The second-order valence-corrected chi connectivity index (χ2v) is 7.00. The Bertz CT molecular complexity index is 1060. The van der Waals surface area contributed by atoms with Crippen LogP contribution >= 0.6 is 0 Å². The average Bonchev–Trinajstić information content (AvgIpc) is 3.09. The predicted octanol–water partition coefficient (Wildman–Crippen LogP) is 3.82. The van der Waals surface area contributed by atoms with E-state index in [-0.39, 0.29) is 31.9 Å². The minimum Gasteiger partial charge on any atom is -0.455 e. The third-order valence-electron chi connectivity index (χ3n) is 4.63. The number of nitriles is 1. The molecule has 3 rings (SSSR count). The van der Waals surface area contributed by atoms with Crippen molar-refractivity contribution in [2.24, 2.45) is 0 Å². The second kappa shape index (κ2) is 9.07. The highest BCUT2D eigenvalue weighted by Gasteiger charge is 2.19. The van der Waals surface area contributed by atoms with Crippen molar-refractivity contribution in [1.82, 2.24) is 4.98 Å². The SMILES string of the molecule is Cc1cc(C)cc(N(CCC#N)C(=O)COC(=O)Cc2c[nH]c3ccccc23)c1. The van der Waals surface area contributed by atoms with Crippen LogP contribution in [0.3, 0.4) is 0 Å². The zero-order valence-corrected chi connectivity index (χ0v) is 16.6. The molecule has 0 saturated heterocycles. The summed E-state index contributed by atoms with van der Waals surface area (Å²) in [5, 5.41) is 9.88. The molecule has 29 heavy (non-hydrogen) atoms. The summed E-state index contributed by atoms with van der Waals surface area (Å²) in [6.07, 6.45) is 2.06. The first-order valence-corrected chi connectivity index (χ1v) is 9.44. The van der Waals surface area contributed by atoms with E-state index in [0.29, 0.717) is 5.69 Å². The van der Waals surface area contributed by atoms with Crippen molar-refractivity contribution >= 4 is 28.5 Å². The zero-order valence-electron chi connectivity index (χ0n) is 16.6. The van der Waals surface area contributed by atoms with Crippen molar-refractivity contribution in [3.05, 3.63) is 65.4 Å². The summed E-state index contributed by atoms with van der Waals surface area (Å²) in [5.41, 5.74) is 4.52. The molecule has 0 fully saturated rings. The van der Waals surface area contributed by atoms with Crippen molar-refractivity contribution in [2.75, 3.05) is 18.1 Å². The number of hydrogen-bond acceptors (Lipinski definition) is 4. The van der Waals surface area contributed by atoms with E-state index >= 15 is 0 Å². The van der Waals surface area contributed by atoms with Crippen LogP contribution in [0.2, 0.25) is 0 Å². The largest absolute Gasteiger partial charge is 0.455 e. The standard InChI is InChI=1S/C23H23N3O3/c1-16-10-17(2)12-19(11-16)26(9-5-8-24)22(27)15-29-23(28)13-18-14-25-21-7-4-3-6-20(18)21/h3-4,6-7,10-12,14,25H,5,9,13,15H2,1-2H3. The van der Waals surface area contributed by atoms with Gasteiger partial charge in [0.1, 0.15) is 0 Å². The minimum absolute atomic E-state index is 0.0824. The molecule has 1 aromatic heterocycles. The number of aromatic amines is 1. The number of aryl methyl sites for hydroxylation is 2. The molecule has 1 heterocycles. The topological polar surface area (TPSA) is 86.2 Å². The summed E-state index contributed by atoms with van der Waals surface area (Å²) in [7, 11) is 0. The number of carbonyl (C=O) groups is 2. The molecule has 1 N–H and O–H groups in total. The highest BCUT2D eigenvalue weighted by molar-refractivity contribution is 5.96. The number of aromatic nitrogens is 1. The Balaban J connectivity index is 1.66. The lowest BCUT2D eigenvalue weighted by Crippen LogP contribution is -2.35. The third kappa shape index (κ3) is 5.02. The van der Waals surface area contributed by atoms with Crippen molar-refractivity contribution in [1.29, 1.82) is 5.26 Å². The molecule has 0 aliphatic rings. The molecule has 0 atom stereocenters. The first-order valence-electron chi connectivity index (χ1n) is 9.44. The Kier molecular flexibility index (Phi) is 6.30. The van der Waals surface area contributed by atoms with E-state index in [2.05, 4.69) is 11.1 Å². The number of H-pyrrole nitrogens is 1. The summed E-state index contributed by atoms with van der Waals surface area (Å²) in [5.74, 6) is -0.818. The van der Waals surface area contributed by atoms with Crippen LogP contribution in [-0.4, -0.2) is 30.0 Å². The molecule has 6 heteroatoms. The molecule has 6 nitrogen and oxygen atoms in total. The zero-order chi connectivity index (χ0) is 20.8. The maximum atomic E-state index is 12.7. The van der Waals surface area contributed by atoms with Gasteiger partial charge in [-0.2, -0.15) is 5.26 Å². The van der Waals surface area contributed by atoms with E-state index in [4.69, 9.17) is 10.00 Å². The van der Waals surface area contributed by atoms with Gasteiger partial charge in [0, 0.05) is 29.3 Å². The van der Waals surface area contributed by atoms with Crippen LogP contribution in [0.5, 0.6) is 0 Å². The molecule has 148 valence electrons. The maximum Gasteiger partial charge on any atom is 0.310 e. The van der Waals surface area contributed by atoms with Gasteiger partial charge in [0.15, 0.2) is 6.61 Å². The fourth-order valence-electron chi connectivity index (χ4n) is 3.37. The van der Waals surface area contributed by atoms with Crippen LogP contribution in [0, 0.1) is 25.2 Å². The number of benzene rings is 2. The van der Waals surface area contributed by atoms with E-state index in [9.17, 15) is 9.59 Å². The number of hydrogen-bond donors (Lipinski definition) is 1. The van der Waals surface area contributed by atoms with Crippen LogP contribution in [-0.2, 0) is 20.7 Å². The highest BCUT2D eigenvalue weighted by Crippen LogP contribution is 2.20. The number of carbonyl (C=O) groups excluding carboxylic acids is 2. The molecular formula is C23H23N3O3. The van der Waals surface area contributed by atoms with Crippen LogP contribution < -0.4 is 4.90 Å². The van der Waals surface area contributed by atoms with Gasteiger partial charge in [-0.3, -0.25) is 9.59 Å². The summed E-state index contributed by atoms with van der Waals surface area (Å²) in [6, 6.07) is 15.5. The molecular weight excluding hydrogens is 366 g/mol. The summed E-state index contributed by atoms with van der Waals surface area (Å²) >= 11 is 0. The monoisotopic (exact) mass is 389 g/mol. The van der Waals surface area contributed by atoms with E-state index in [1.807, 2.05) is 56.3 Å². The van der Waals surface area contributed by atoms with Gasteiger partial charge in [0.25, 0.3) is 5.91 Å². The maximum absolute atomic E-state index is 12.7. The van der Waals surface area contributed by atoms with Crippen molar-refractivity contribution in [2.45, 2.75) is 26.7 Å². The van der Waals surface area contributed by atoms with Crippen LogP contribution in [0.4, 0.5) is 5.69 Å². The number of ether oxygens (including phenoxy) is 1. The second-order valence-electron chi connectivity index (χ2n) is 7.00. The molecule has 0 spiro atoms. The van der Waals surface area contributed by atoms with Crippen LogP contribution in [0.25, 0.3) is 10.9 Å². The van der Waals surface area contributed by atoms with Gasteiger partial charge in [-0.1, -0.05) is 24.3 Å². The van der Waals surface area contributed by atoms with E-state index < -0.39 is 5.97 Å². The predicted molar refractivity (Wildman–Crippen MR) is 111 cm³/mol. The number of nitrogens with one attached hydrogen (secondary N) is 1. The molecule has 2 aromatic carbocycles. The lowest BCUT2D eigenvalue weighted by molar-refractivity contribution is -0.147. The molecule has 1 amide bonds. The lowest BCUT2D eigenvalue weighted by atomic mass is 10.1. The summed E-state index contributed by atoms with van der Waals surface area (Å²) in [6.45, 7) is 3.78. The molecule has 0 aliphatic heterocycles. The fourth-order valence-corrected chi connectivity index (χ4v) is 3.37. The van der Waals surface area contributed by atoms with Crippen LogP contribution in [0.1, 0.15) is 23.1 Å².